The topological polar surface area (TPSA) is 67.9 Å². The average Bonchev–Trinajstić information content (AvgIpc) is 4.00. The molecule has 10 rings (SSSR count). The van der Waals surface area contributed by atoms with Crippen molar-refractivity contribution in [1.29, 1.82) is 0 Å². The second-order valence-corrected chi connectivity index (χ2v) is 15.9. The van der Waals surface area contributed by atoms with Gasteiger partial charge >= 0.3 is 0 Å². The van der Waals surface area contributed by atoms with Crippen molar-refractivity contribution in [1.82, 2.24) is 30.0 Å². The van der Waals surface area contributed by atoms with Crippen molar-refractivity contribution in [3.63, 3.8) is 0 Å². The van der Waals surface area contributed by atoms with Crippen LogP contribution in [0.2, 0.25) is 0 Å². The lowest BCUT2D eigenvalue weighted by atomic mass is 9.99. The van der Waals surface area contributed by atoms with Crippen molar-refractivity contribution in [2.75, 3.05) is 9.80 Å². The monoisotopic (exact) mass is 832 g/mol. The van der Waals surface area contributed by atoms with Gasteiger partial charge in [0.25, 0.3) is 0 Å². The highest BCUT2D eigenvalue weighted by Crippen LogP contribution is 2.37. The maximum atomic E-state index is 4.76. The number of hydrogen-bond donors (Lipinski definition) is 0. The number of para-hydroxylation sites is 1. The third-order valence-electron chi connectivity index (χ3n) is 11.7. The summed E-state index contributed by atoms with van der Waals surface area (Å²) in [6, 6.07) is 53.5. The normalized spacial score (nSPS) is 13.7. The van der Waals surface area contributed by atoms with Crippen LogP contribution in [0.4, 0.5) is 22.7 Å². The molecule has 0 atom stereocenters. The van der Waals surface area contributed by atoms with Gasteiger partial charge in [0, 0.05) is 34.1 Å². The predicted molar refractivity (Wildman–Crippen MR) is 264 cm³/mol. The number of hydrogen-bond acceptors (Lipinski definition) is 6. The molecule has 0 unspecified atom stereocenters. The average molecular weight is 833 g/mol. The number of rotatable bonds is 13. The second kappa shape index (κ2) is 18.1. The molecule has 2 aromatic heterocycles. The van der Waals surface area contributed by atoms with E-state index in [4.69, 9.17) is 20.4 Å². The quantitative estimate of drug-likeness (QED) is 0.0851. The molecule has 0 spiro atoms. The molecule has 2 heterocycles. The summed E-state index contributed by atoms with van der Waals surface area (Å²) in [5, 5.41) is 18.9. The van der Waals surface area contributed by atoms with Crippen LogP contribution in [0.1, 0.15) is 44.0 Å². The van der Waals surface area contributed by atoms with Crippen LogP contribution in [-0.2, 0) is 6.42 Å². The summed E-state index contributed by atoms with van der Waals surface area (Å²) in [4.78, 5) is 8.17. The lowest BCUT2D eigenvalue weighted by Gasteiger charge is -2.30. The van der Waals surface area contributed by atoms with Gasteiger partial charge in [-0.2, -0.15) is 14.7 Å². The molecule has 8 nitrogen and oxygen atoms in total. The summed E-state index contributed by atoms with van der Waals surface area (Å²) in [5.41, 5.74) is 17.1. The zero-order valence-corrected chi connectivity index (χ0v) is 35.9. The largest absolute Gasteiger partial charge is 0.315 e. The zero-order valence-electron chi connectivity index (χ0n) is 35.9. The van der Waals surface area contributed by atoms with Crippen molar-refractivity contribution in [2.45, 2.75) is 39.0 Å². The van der Waals surface area contributed by atoms with Gasteiger partial charge in [-0.3, -0.25) is 0 Å². The van der Waals surface area contributed by atoms with Crippen LogP contribution in [0.5, 0.6) is 0 Å². The molecule has 312 valence electrons. The van der Waals surface area contributed by atoms with Gasteiger partial charge < -0.3 is 9.80 Å². The summed E-state index contributed by atoms with van der Waals surface area (Å²) in [6.07, 6.45) is 21.4. The minimum atomic E-state index is 0.770. The van der Waals surface area contributed by atoms with Crippen LogP contribution >= 0.6 is 0 Å². The first-order valence-electron chi connectivity index (χ1n) is 22.0. The lowest BCUT2D eigenvalue weighted by molar-refractivity contribution is 0.734. The van der Waals surface area contributed by atoms with E-state index in [1.165, 1.54) is 11.3 Å². The van der Waals surface area contributed by atoms with Crippen LogP contribution in [0.3, 0.4) is 0 Å². The molecule has 0 fully saturated rings. The molecule has 2 aliphatic carbocycles. The molecule has 0 N–H and O–H groups in total. The number of nitrogens with zero attached hydrogens (tertiary/aromatic N) is 8. The SMILES string of the molecule is C=CC/C=C(\C=C/C)N(C1=CC=C(n2nc3ccccc3n2)CC1)c1ccc(-c2ccc(-c3ccc(N(c4ccccc4)c4ccc(-n5nc6c(n5)CCC=C6)cc4)cc3)cc2)cc1. The first-order valence-corrected chi connectivity index (χ1v) is 22.0. The van der Waals surface area contributed by atoms with Crippen LogP contribution in [0.25, 0.3) is 50.7 Å². The van der Waals surface area contributed by atoms with Crippen molar-refractivity contribution in [3.8, 4) is 27.9 Å². The minimum absolute atomic E-state index is 0.770. The molecule has 6 aromatic carbocycles. The molecule has 2 aliphatic rings. The van der Waals surface area contributed by atoms with E-state index in [1.807, 2.05) is 30.3 Å². The summed E-state index contributed by atoms with van der Waals surface area (Å²) in [5.74, 6) is 0. The van der Waals surface area contributed by atoms with Crippen molar-refractivity contribution < 1.29 is 0 Å². The lowest BCUT2D eigenvalue weighted by Crippen LogP contribution is -2.22. The third-order valence-corrected chi connectivity index (χ3v) is 11.7. The molecular formula is C56H48N8. The summed E-state index contributed by atoms with van der Waals surface area (Å²) >= 11 is 0. The summed E-state index contributed by atoms with van der Waals surface area (Å²) in [6.45, 7) is 6.05. The van der Waals surface area contributed by atoms with E-state index in [0.29, 0.717) is 0 Å². The van der Waals surface area contributed by atoms with Crippen LogP contribution in [0.15, 0.2) is 212 Å². The molecule has 8 aromatic rings. The zero-order chi connectivity index (χ0) is 43.2. The Morgan fingerprint density at radius 2 is 1.17 bits per heavy atom. The number of aryl methyl sites for hydroxylation is 1. The van der Waals surface area contributed by atoms with Gasteiger partial charge in [-0.25, -0.2) is 0 Å². The smallest absolute Gasteiger partial charge is 0.113 e. The Balaban J connectivity index is 0.878. The Hall–Kier alpha value is -8.10. The fraction of sp³-hybridized carbons (Fsp3) is 0.107. The summed E-state index contributed by atoms with van der Waals surface area (Å²) < 4.78 is 0. The number of fused-ring (bicyclic) bond motifs is 2. The Kier molecular flexibility index (Phi) is 11.3. The van der Waals surface area contributed by atoms with E-state index in [2.05, 4.69) is 193 Å². The van der Waals surface area contributed by atoms with E-state index < -0.39 is 0 Å². The Morgan fingerprint density at radius 3 is 1.75 bits per heavy atom. The van der Waals surface area contributed by atoms with Gasteiger partial charge in [-0.05, 0) is 158 Å². The number of anilines is 4. The van der Waals surface area contributed by atoms with E-state index in [-0.39, 0.29) is 0 Å². The van der Waals surface area contributed by atoms with Gasteiger partial charge in [0.05, 0.1) is 17.1 Å². The highest BCUT2D eigenvalue weighted by molar-refractivity contribution is 5.80. The molecule has 0 saturated heterocycles. The van der Waals surface area contributed by atoms with E-state index in [9.17, 15) is 0 Å². The Morgan fingerprint density at radius 1 is 0.594 bits per heavy atom. The van der Waals surface area contributed by atoms with E-state index in [1.54, 1.807) is 9.59 Å². The Bertz CT molecular complexity index is 3040. The van der Waals surface area contributed by atoms with Crippen molar-refractivity contribution in [2.24, 2.45) is 0 Å². The van der Waals surface area contributed by atoms with E-state index >= 15 is 0 Å². The molecule has 0 amide bonds. The predicted octanol–water partition coefficient (Wildman–Crippen LogP) is 13.8. The minimum Gasteiger partial charge on any atom is -0.315 e. The first-order chi connectivity index (χ1) is 31.6. The maximum absolute atomic E-state index is 4.76. The van der Waals surface area contributed by atoms with Gasteiger partial charge in [-0.1, -0.05) is 103 Å². The van der Waals surface area contributed by atoms with Crippen LogP contribution < -0.4 is 9.80 Å². The maximum Gasteiger partial charge on any atom is 0.113 e. The molecule has 64 heavy (non-hydrogen) atoms. The van der Waals surface area contributed by atoms with Gasteiger partial charge in [0.1, 0.15) is 16.7 Å². The number of benzene rings is 6. The van der Waals surface area contributed by atoms with E-state index in [0.717, 1.165) is 111 Å². The highest BCUT2D eigenvalue weighted by Gasteiger charge is 2.20. The van der Waals surface area contributed by atoms with Crippen LogP contribution in [-0.4, -0.2) is 30.0 Å². The number of allylic oxidation sites excluding steroid dienone is 9. The van der Waals surface area contributed by atoms with Crippen molar-refractivity contribution in [3.05, 3.63) is 224 Å². The molecular weight excluding hydrogens is 785 g/mol. The molecule has 8 heteroatoms. The molecule has 0 aliphatic heterocycles. The number of aromatic nitrogens is 6. The van der Waals surface area contributed by atoms with Crippen molar-refractivity contribution >= 4 is 45.6 Å². The Labute approximate surface area is 374 Å². The van der Waals surface area contributed by atoms with Gasteiger partial charge in [0.15, 0.2) is 0 Å². The van der Waals surface area contributed by atoms with Crippen LogP contribution in [0, 0.1) is 0 Å². The fourth-order valence-corrected chi connectivity index (χ4v) is 8.45. The molecule has 0 saturated carbocycles. The van der Waals surface area contributed by atoms with Gasteiger partial charge in [0.2, 0.25) is 0 Å². The highest BCUT2D eigenvalue weighted by atomic mass is 15.5. The molecule has 0 radical (unpaired) electrons. The first kappa shape index (κ1) is 40.0. The standard InChI is InChI=1S/C56H48N8/c1-3-5-14-45(13-4-2)61(49-33-37-51(38-34-49)63-57-53-17-9-10-18-54(53)58-63)47-29-25-43(26-30-47)41-21-23-42(24-22-41)44-27-31-48(32-28-44)62(46-15-7-6-8-16-46)50-35-39-52(40-36-50)64-59-55-19-11-12-20-56(55)60-64/h3-4,6-11,13-19,21-33,35-37,39-40H,1,5,12,20,34,38H2,2H3/b13-4-,45-14+. The third kappa shape index (κ3) is 8.29. The molecule has 0 bridgehead atoms. The fourth-order valence-electron chi connectivity index (χ4n) is 8.45. The van der Waals surface area contributed by atoms with Gasteiger partial charge in [-0.15, -0.1) is 21.9 Å². The summed E-state index contributed by atoms with van der Waals surface area (Å²) in [7, 11) is 0. The second-order valence-electron chi connectivity index (χ2n) is 15.9.